The van der Waals surface area contributed by atoms with E-state index in [1.54, 1.807) is 24.3 Å². The zero-order valence-corrected chi connectivity index (χ0v) is 11.7. The van der Waals surface area contributed by atoms with Crippen molar-refractivity contribution in [1.82, 2.24) is 5.06 Å². The van der Waals surface area contributed by atoms with Gasteiger partial charge in [0.2, 0.25) is 0 Å². The molecule has 0 radical (unpaired) electrons. The van der Waals surface area contributed by atoms with Crippen LogP contribution in [0.5, 0.6) is 0 Å². The number of amides is 2. The Hall–Kier alpha value is -1.82. The Labute approximate surface area is 120 Å². The van der Waals surface area contributed by atoms with E-state index in [0.717, 1.165) is 19.3 Å². The monoisotopic (exact) mass is 291 g/mol. The van der Waals surface area contributed by atoms with Crippen molar-refractivity contribution in [3.05, 3.63) is 35.4 Å². The number of benzene rings is 1. The highest BCUT2D eigenvalue weighted by molar-refractivity contribution is 8.00. The van der Waals surface area contributed by atoms with E-state index in [-0.39, 0.29) is 11.1 Å². The summed E-state index contributed by atoms with van der Waals surface area (Å²) < 4.78 is -0.602. The molecule has 2 aliphatic rings. The predicted molar refractivity (Wildman–Crippen MR) is 73.1 cm³/mol. The summed E-state index contributed by atoms with van der Waals surface area (Å²) in [7, 11) is 0. The van der Waals surface area contributed by atoms with E-state index in [0.29, 0.717) is 5.06 Å². The highest BCUT2D eigenvalue weighted by Crippen LogP contribution is 2.44. The van der Waals surface area contributed by atoms with Crippen LogP contribution >= 0.6 is 11.8 Å². The first-order chi connectivity index (χ1) is 9.59. The molecular formula is C14H13NO4S. The zero-order valence-electron chi connectivity index (χ0n) is 10.9. The highest BCUT2D eigenvalue weighted by Gasteiger charge is 2.48. The molecule has 0 spiro atoms. The summed E-state index contributed by atoms with van der Waals surface area (Å²) in [5.74, 6) is -1.66. The van der Waals surface area contributed by atoms with Gasteiger partial charge in [-0.3, -0.25) is 9.59 Å². The molecule has 0 N–H and O–H groups in total. The van der Waals surface area contributed by atoms with Gasteiger partial charge in [0.25, 0.3) is 11.8 Å². The molecule has 3 rings (SSSR count). The van der Waals surface area contributed by atoms with E-state index in [9.17, 15) is 14.4 Å². The molecule has 0 aromatic heterocycles. The van der Waals surface area contributed by atoms with Crippen LogP contribution in [0, 0.1) is 0 Å². The van der Waals surface area contributed by atoms with Gasteiger partial charge in [0.05, 0.1) is 11.1 Å². The maximum atomic E-state index is 12.2. The normalized spacial score (nSPS) is 19.6. The molecule has 1 saturated carbocycles. The first kappa shape index (κ1) is 13.2. The van der Waals surface area contributed by atoms with Gasteiger partial charge in [0.1, 0.15) is 4.75 Å². The van der Waals surface area contributed by atoms with Crippen molar-refractivity contribution in [2.24, 2.45) is 0 Å². The Morgan fingerprint density at radius 3 is 2.15 bits per heavy atom. The van der Waals surface area contributed by atoms with Gasteiger partial charge in [0.15, 0.2) is 0 Å². The molecular weight excluding hydrogens is 278 g/mol. The van der Waals surface area contributed by atoms with Gasteiger partial charge in [-0.05, 0) is 37.7 Å². The van der Waals surface area contributed by atoms with Crippen molar-refractivity contribution in [2.75, 3.05) is 6.26 Å². The molecule has 1 fully saturated rings. The summed E-state index contributed by atoms with van der Waals surface area (Å²) in [6.45, 7) is 0. The number of carbonyl (C=O) groups is 3. The van der Waals surface area contributed by atoms with Crippen LogP contribution in [-0.2, 0) is 9.63 Å². The van der Waals surface area contributed by atoms with Gasteiger partial charge in [0, 0.05) is 0 Å². The van der Waals surface area contributed by atoms with Crippen molar-refractivity contribution in [2.45, 2.75) is 24.0 Å². The molecule has 0 atom stereocenters. The molecule has 0 unspecified atom stereocenters. The molecule has 1 aliphatic heterocycles. The highest BCUT2D eigenvalue weighted by atomic mass is 32.2. The minimum atomic E-state index is -0.602. The van der Waals surface area contributed by atoms with Crippen LogP contribution < -0.4 is 0 Å². The van der Waals surface area contributed by atoms with E-state index >= 15 is 0 Å². The molecule has 0 saturated heterocycles. The average molecular weight is 291 g/mol. The van der Waals surface area contributed by atoms with Crippen molar-refractivity contribution in [3.63, 3.8) is 0 Å². The lowest BCUT2D eigenvalue weighted by Gasteiger charge is -2.37. The van der Waals surface area contributed by atoms with E-state index in [1.165, 1.54) is 11.8 Å². The van der Waals surface area contributed by atoms with Crippen molar-refractivity contribution < 1.29 is 19.2 Å². The number of fused-ring (bicyclic) bond motifs is 1. The largest absolute Gasteiger partial charge is 0.349 e. The zero-order chi connectivity index (χ0) is 14.3. The molecule has 6 heteroatoms. The Morgan fingerprint density at radius 2 is 1.75 bits per heavy atom. The molecule has 0 bridgehead atoms. The summed E-state index contributed by atoms with van der Waals surface area (Å²) in [4.78, 5) is 41.4. The Bertz CT molecular complexity index is 568. The minimum Gasteiger partial charge on any atom is -0.328 e. The number of carbonyl (C=O) groups excluding carboxylic acids is 3. The summed E-state index contributed by atoms with van der Waals surface area (Å²) in [6, 6.07) is 6.45. The lowest BCUT2D eigenvalue weighted by molar-refractivity contribution is -0.174. The maximum absolute atomic E-state index is 12.2. The molecule has 1 heterocycles. The quantitative estimate of drug-likeness (QED) is 0.797. The fraction of sp³-hybridized carbons (Fsp3) is 0.357. The standard InChI is InChI=1S/C14H13NO4S/c1-20-14(7-4-8-14)13(18)19-15-11(16)9-5-2-3-6-10(9)12(15)17/h2-3,5-6H,4,7-8H2,1H3. The molecule has 20 heavy (non-hydrogen) atoms. The molecule has 1 aliphatic carbocycles. The van der Waals surface area contributed by atoms with Gasteiger partial charge >= 0.3 is 5.97 Å². The van der Waals surface area contributed by atoms with E-state index in [1.807, 2.05) is 6.26 Å². The second kappa shape index (κ2) is 4.63. The van der Waals surface area contributed by atoms with Gasteiger partial charge in [-0.25, -0.2) is 4.79 Å². The lowest BCUT2D eigenvalue weighted by Crippen LogP contribution is -2.47. The maximum Gasteiger partial charge on any atom is 0.349 e. The van der Waals surface area contributed by atoms with Gasteiger partial charge in [-0.2, -0.15) is 0 Å². The van der Waals surface area contributed by atoms with Crippen LogP contribution in [0.4, 0.5) is 0 Å². The Balaban J connectivity index is 1.82. The molecule has 1 aromatic rings. The van der Waals surface area contributed by atoms with Gasteiger partial charge < -0.3 is 4.84 Å². The van der Waals surface area contributed by atoms with Gasteiger partial charge in [-0.1, -0.05) is 17.2 Å². The summed E-state index contributed by atoms with van der Waals surface area (Å²) in [6.07, 6.45) is 4.23. The molecule has 5 nitrogen and oxygen atoms in total. The summed E-state index contributed by atoms with van der Waals surface area (Å²) in [5, 5.41) is 0.587. The third-order valence-electron chi connectivity index (χ3n) is 3.85. The topological polar surface area (TPSA) is 63.7 Å². The van der Waals surface area contributed by atoms with E-state index in [2.05, 4.69) is 0 Å². The van der Waals surface area contributed by atoms with Crippen molar-refractivity contribution in [1.29, 1.82) is 0 Å². The first-order valence-electron chi connectivity index (χ1n) is 6.34. The number of hydrogen-bond acceptors (Lipinski definition) is 5. The fourth-order valence-corrected chi connectivity index (χ4v) is 3.31. The lowest BCUT2D eigenvalue weighted by atomic mass is 9.84. The third kappa shape index (κ3) is 1.75. The predicted octanol–water partition coefficient (Wildman–Crippen LogP) is 2.03. The van der Waals surface area contributed by atoms with Crippen LogP contribution in [0.25, 0.3) is 0 Å². The van der Waals surface area contributed by atoms with E-state index < -0.39 is 22.5 Å². The Kier molecular flexibility index (Phi) is 3.05. The number of hydroxylamine groups is 2. The minimum absolute atomic E-state index is 0.275. The van der Waals surface area contributed by atoms with Crippen molar-refractivity contribution >= 4 is 29.5 Å². The third-order valence-corrected chi connectivity index (χ3v) is 5.21. The molecule has 2 amide bonds. The Morgan fingerprint density at radius 1 is 1.20 bits per heavy atom. The van der Waals surface area contributed by atoms with Crippen molar-refractivity contribution in [3.8, 4) is 0 Å². The number of rotatable bonds is 3. The summed E-state index contributed by atoms with van der Waals surface area (Å²) in [5.41, 5.74) is 0.550. The van der Waals surface area contributed by atoms with Crippen LogP contribution in [-0.4, -0.2) is 33.8 Å². The van der Waals surface area contributed by atoms with Gasteiger partial charge in [-0.15, -0.1) is 11.8 Å². The number of nitrogens with zero attached hydrogens (tertiary/aromatic N) is 1. The number of imide groups is 1. The number of thioether (sulfide) groups is 1. The smallest absolute Gasteiger partial charge is 0.328 e. The molecule has 1 aromatic carbocycles. The fourth-order valence-electron chi connectivity index (χ4n) is 2.41. The first-order valence-corrected chi connectivity index (χ1v) is 7.57. The van der Waals surface area contributed by atoms with Crippen LogP contribution in [0.2, 0.25) is 0 Å². The van der Waals surface area contributed by atoms with Crippen LogP contribution in [0.1, 0.15) is 40.0 Å². The average Bonchev–Trinajstić information content (AvgIpc) is 2.64. The second-order valence-electron chi connectivity index (χ2n) is 4.88. The second-order valence-corrected chi connectivity index (χ2v) is 6.07. The number of hydrogen-bond donors (Lipinski definition) is 0. The SMILES string of the molecule is CSC1(C(=O)ON2C(=O)c3ccccc3C2=O)CCC1. The van der Waals surface area contributed by atoms with E-state index in [4.69, 9.17) is 4.84 Å². The molecule has 104 valence electrons. The summed E-state index contributed by atoms with van der Waals surface area (Å²) >= 11 is 1.41. The van der Waals surface area contributed by atoms with Crippen LogP contribution in [0.15, 0.2) is 24.3 Å². The van der Waals surface area contributed by atoms with Crippen LogP contribution in [0.3, 0.4) is 0 Å².